The van der Waals surface area contributed by atoms with Crippen molar-refractivity contribution in [2.75, 3.05) is 0 Å². The molecule has 2 heteroatoms. The minimum Gasteiger partial charge on any atom is -0.456 e. The Morgan fingerprint density at radius 2 is 0.875 bits per heavy atom. The van der Waals surface area contributed by atoms with E-state index in [-0.39, 0.29) is 0 Å². The first kappa shape index (κ1) is 24.8. The van der Waals surface area contributed by atoms with Crippen LogP contribution in [0.25, 0.3) is 120 Å². The lowest BCUT2D eigenvalue weighted by Gasteiger charge is -2.13. The van der Waals surface area contributed by atoms with Gasteiger partial charge in [-0.2, -0.15) is 0 Å². The molecule has 11 aromatic rings. The van der Waals surface area contributed by atoms with Crippen LogP contribution in [0.1, 0.15) is 0 Å². The molecule has 0 saturated heterocycles. The lowest BCUT2D eigenvalue weighted by molar-refractivity contribution is 0.669. The van der Waals surface area contributed by atoms with E-state index in [2.05, 4.69) is 146 Å². The molecule has 2 nitrogen and oxygen atoms in total. The van der Waals surface area contributed by atoms with Gasteiger partial charge in [0.15, 0.2) is 0 Å². The van der Waals surface area contributed by atoms with Gasteiger partial charge in [-0.25, -0.2) is 0 Å². The molecule has 2 aromatic heterocycles. The third kappa shape index (κ3) is 3.03. The minimum absolute atomic E-state index is 0.908. The van der Waals surface area contributed by atoms with Crippen molar-refractivity contribution in [1.82, 2.24) is 0 Å². The average molecular weight is 609 g/mol. The van der Waals surface area contributed by atoms with E-state index in [1.165, 1.54) is 86.9 Å². The van der Waals surface area contributed by atoms with Crippen molar-refractivity contribution in [3.05, 3.63) is 146 Å². The van der Waals surface area contributed by atoms with Gasteiger partial charge in [0.2, 0.25) is 0 Å². The molecule has 0 radical (unpaired) electrons. The monoisotopic (exact) mass is 608 g/mol. The van der Waals surface area contributed by atoms with Crippen LogP contribution in [0.15, 0.2) is 154 Å². The van der Waals surface area contributed by atoms with Gasteiger partial charge in [0.05, 0.1) is 0 Å². The second-order valence-electron chi connectivity index (χ2n) is 13.2. The number of fused-ring (bicyclic) bond motifs is 7. The van der Waals surface area contributed by atoms with Gasteiger partial charge in [-0.1, -0.05) is 109 Å². The summed E-state index contributed by atoms with van der Waals surface area (Å²) in [5, 5.41) is 14.9. The maximum absolute atomic E-state index is 6.84. The van der Waals surface area contributed by atoms with Crippen LogP contribution < -0.4 is 0 Å². The van der Waals surface area contributed by atoms with E-state index in [9.17, 15) is 0 Å². The van der Waals surface area contributed by atoms with Crippen LogP contribution in [0, 0.1) is 0 Å². The predicted octanol–water partition coefficient (Wildman–Crippen LogP) is 13.4. The van der Waals surface area contributed by atoms with Crippen LogP contribution >= 0.6 is 0 Å². The van der Waals surface area contributed by atoms with Gasteiger partial charge in [0, 0.05) is 32.5 Å². The largest absolute Gasteiger partial charge is 0.456 e. The van der Waals surface area contributed by atoms with Gasteiger partial charge >= 0.3 is 0 Å². The first-order valence-electron chi connectivity index (χ1n) is 16.5. The molecule has 1 aliphatic rings. The topological polar surface area (TPSA) is 26.3 Å². The van der Waals surface area contributed by atoms with Crippen LogP contribution in [0.2, 0.25) is 0 Å². The van der Waals surface area contributed by atoms with Crippen LogP contribution in [0.4, 0.5) is 0 Å². The molecule has 220 valence electrons. The Morgan fingerprint density at radius 3 is 1.67 bits per heavy atom. The van der Waals surface area contributed by atoms with Gasteiger partial charge in [-0.3, -0.25) is 0 Å². The summed E-state index contributed by atoms with van der Waals surface area (Å²) in [5.74, 6) is 0. The molecule has 1 aliphatic carbocycles. The third-order valence-electron chi connectivity index (χ3n) is 10.8. The van der Waals surface area contributed by atoms with E-state index >= 15 is 0 Å². The molecule has 2 heterocycles. The zero-order chi connectivity index (χ0) is 31.1. The quantitative estimate of drug-likeness (QED) is 0.183. The van der Waals surface area contributed by atoms with E-state index in [1.54, 1.807) is 0 Å². The second-order valence-corrected chi connectivity index (χ2v) is 13.2. The Bertz CT molecular complexity index is 3190. The Labute approximate surface area is 274 Å². The molecular formula is C46H24O2. The SMILES string of the molecule is c1cc(-c2ccc3c4ccccc4c4ccccc4c3c2)cc(-c2ccc3c4c2oc2ccc5ccc6oc7cccc-3c7c6c5c24)c1. The fourth-order valence-electron chi connectivity index (χ4n) is 8.72. The summed E-state index contributed by atoms with van der Waals surface area (Å²) in [7, 11) is 0. The van der Waals surface area contributed by atoms with Crippen LogP contribution in [-0.4, -0.2) is 0 Å². The van der Waals surface area contributed by atoms with Crippen molar-refractivity contribution in [1.29, 1.82) is 0 Å². The lowest BCUT2D eigenvalue weighted by Crippen LogP contribution is -1.87. The Kier molecular flexibility index (Phi) is 4.49. The Hall–Kier alpha value is -6.38. The number of benzene rings is 9. The maximum Gasteiger partial charge on any atom is 0.143 e. The standard InChI is InChI=1S/C46H24O2/c1-2-11-32-30(9-1)31-10-3-4-12-33(31)37-24-27(15-18-34(32)37)26-7-5-8-28(23-26)29-19-20-36-35-13-6-14-38-42(35)44-39(47-38)21-16-25-17-22-40-45(41(25)44)43(36)46(29)48-40/h1-24H. The van der Waals surface area contributed by atoms with Crippen molar-refractivity contribution in [3.8, 4) is 33.4 Å². The molecule has 0 aliphatic heterocycles. The third-order valence-corrected chi connectivity index (χ3v) is 10.8. The number of hydrogen-bond acceptors (Lipinski definition) is 2. The molecule has 0 spiro atoms. The molecular weight excluding hydrogens is 585 g/mol. The first-order chi connectivity index (χ1) is 23.8. The van der Waals surface area contributed by atoms with Gasteiger partial charge in [-0.15, -0.1) is 0 Å². The molecule has 12 rings (SSSR count). The van der Waals surface area contributed by atoms with Crippen molar-refractivity contribution >= 4 is 87.0 Å². The lowest BCUT2D eigenvalue weighted by atomic mass is 9.91. The Balaban J connectivity index is 1.11. The average Bonchev–Trinajstić information content (AvgIpc) is 3.70. The summed E-state index contributed by atoms with van der Waals surface area (Å²) in [6.45, 7) is 0. The van der Waals surface area contributed by atoms with E-state index in [0.29, 0.717) is 0 Å². The summed E-state index contributed by atoms with van der Waals surface area (Å²) < 4.78 is 13.2. The molecule has 0 saturated carbocycles. The van der Waals surface area contributed by atoms with Crippen LogP contribution in [0.3, 0.4) is 0 Å². The van der Waals surface area contributed by atoms with Crippen molar-refractivity contribution in [2.45, 2.75) is 0 Å². The van der Waals surface area contributed by atoms with Crippen LogP contribution in [-0.2, 0) is 0 Å². The Morgan fingerprint density at radius 1 is 0.292 bits per heavy atom. The van der Waals surface area contributed by atoms with E-state index in [1.807, 2.05) is 0 Å². The highest BCUT2D eigenvalue weighted by Gasteiger charge is 2.26. The molecule has 0 N–H and O–H groups in total. The van der Waals surface area contributed by atoms with E-state index < -0.39 is 0 Å². The summed E-state index contributed by atoms with van der Waals surface area (Å²) >= 11 is 0. The first-order valence-corrected chi connectivity index (χ1v) is 16.5. The molecule has 0 atom stereocenters. The van der Waals surface area contributed by atoms with E-state index in [0.717, 1.165) is 33.5 Å². The summed E-state index contributed by atoms with van der Waals surface area (Å²) in [4.78, 5) is 0. The minimum atomic E-state index is 0.908. The summed E-state index contributed by atoms with van der Waals surface area (Å²) in [6.07, 6.45) is 0. The van der Waals surface area contributed by atoms with Gasteiger partial charge in [0.25, 0.3) is 0 Å². The van der Waals surface area contributed by atoms with Gasteiger partial charge in [-0.05, 0) is 102 Å². The zero-order valence-electron chi connectivity index (χ0n) is 25.7. The molecule has 0 bridgehead atoms. The molecule has 0 fully saturated rings. The maximum atomic E-state index is 6.84. The highest BCUT2D eigenvalue weighted by Crippen LogP contribution is 2.51. The van der Waals surface area contributed by atoms with Crippen LogP contribution in [0.5, 0.6) is 0 Å². The van der Waals surface area contributed by atoms with Crippen molar-refractivity contribution < 1.29 is 8.83 Å². The fourth-order valence-corrected chi connectivity index (χ4v) is 8.72. The summed E-state index contributed by atoms with van der Waals surface area (Å²) in [5.41, 5.74) is 10.7. The molecule has 48 heavy (non-hydrogen) atoms. The van der Waals surface area contributed by atoms with Crippen molar-refractivity contribution in [2.24, 2.45) is 0 Å². The zero-order valence-corrected chi connectivity index (χ0v) is 25.7. The predicted molar refractivity (Wildman–Crippen MR) is 201 cm³/mol. The fraction of sp³-hybridized carbons (Fsp3) is 0. The van der Waals surface area contributed by atoms with Crippen molar-refractivity contribution in [3.63, 3.8) is 0 Å². The van der Waals surface area contributed by atoms with Gasteiger partial charge < -0.3 is 8.83 Å². The smallest absolute Gasteiger partial charge is 0.143 e. The normalized spacial score (nSPS) is 12.6. The second kappa shape index (κ2) is 8.70. The van der Waals surface area contributed by atoms with E-state index in [4.69, 9.17) is 8.83 Å². The highest BCUT2D eigenvalue weighted by atomic mass is 16.3. The highest BCUT2D eigenvalue weighted by molar-refractivity contribution is 6.37. The number of hydrogen-bond donors (Lipinski definition) is 0. The molecule has 0 unspecified atom stereocenters. The number of furan rings is 2. The molecule has 0 amide bonds. The van der Waals surface area contributed by atoms with Gasteiger partial charge in [0.1, 0.15) is 22.3 Å². The summed E-state index contributed by atoms with van der Waals surface area (Å²) in [6, 6.07) is 52.9. The molecule has 9 aromatic carbocycles. The number of rotatable bonds is 2.